The third-order valence-electron chi connectivity index (χ3n) is 3.69. The number of benzene rings is 2. The van der Waals surface area contributed by atoms with Crippen LogP contribution in [0.4, 0.5) is 4.39 Å². The van der Waals surface area contributed by atoms with Crippen molar-refractivity contribution in [3.05, 3.63) is 69.4 Å². The first-order valence-electron chi connectivity index (χ1n) is 6.75. The zero-order valence-electron chi connectivity index (χ0n) is 11.6. The molecule has 0 bridgehead atoms. The molecule has 2 aromatic carbocycles. The second-order valence-electron chi connectivity index (χ2n) is 5.05. The average Bonchev–Trinajstić information content (AvgIpc) is 2.48. The van der Waals surface area contributed by atoms with Crippen LogP contribution in [-0.2, 0) is 0 Å². The summed E-state index contributed by atoms with van der Waals surface area (Å²) in [6, 6.07) is 12.6. The fourth-order valence-corrected chi connectivity index (χ4v) is 2.36. The van der Waals surface area contributed by atoms with Gasteiger partial charge in [0.05, 0.1) is 4.47 Å². The summed E-state index contributed by atoms with van der Waals surface area (Å²) in [4.78, 5) is 0. The summed E-state index contributed by atoms with van der Waals surface area (Å²) in [7, 11) is 0. The third kappa shape index (κ3) is 3.28. The van der Waals surface area contributed by atoms with Crippen molar-refractivity contribution in [3.8, 4) is 0 Å². The van der Waals surface area contributed by atoms with E-state index in [4.69, 9.17) is 0 Å². The van der Waals surface area contributed by atoms with E-state index in [1.807, 2.05) is 24.3 Å². The molecule has 0 aliphatic carbocycles. The Balaban J connectivity index is 2.24. The topological polar surface area (TPSA) is 20.2 Å². The molecule has 3 heteroatoms. The molecule has 106 valence electrons. The van der Waals surface area contributed by atoms with E-state index in [9.17, 15) is 9.50 Å². The predicted octanol–water partition coefficient (Wildman–Crippen LogP) is 5.18. The van der Waals surface area contributed by atoms with Gasteiger partial charge in [0, 0.05) is 0 Å². The van der Waals surface area contributed by atoms with E-state index in [1.165, 1.54) is 11.6 Å². The van der Waals surface area contributed by atoms with Crippen molar-refractivity contribution in [3.63, 3.8) is 0 Å². The molecule has 20 heavy (non-hydrogen) atoms. The Bertz CT molecular complexity index is 580. The Morgan fingerprint density at radius 2 is 1.60 bits per heavy atom. The molecule has 0 saturated heterocycles. The monoisotopic (exact) mass is 336 g/mol. The number of hydrogen-bond donors (Lipinski definition) is 1. The number of hydrogen-bond acceptors (Lipinski definition) is 1. The van der Waals surface area contributed by atoms with Crippen LogP contribution in [0.2, 0.25) is 0 Å². The van der Waals surface area contributed by atoms with Crippen molar-refractivity contribution >= 4 is 15.9 Å². The van der Waals surface area contributed by atoms with Crippen molar-refractivity contribution in [2.75, 3.05) is 0 Å². The van der Waals surface area contributed by atoms with Crippen LogP contribution >= 0.6 is 15.9 Å². The van der Waals surface area contributed by atoms with Gasteiger partial charge >= 0.3 is 0 Å². The summed E-state index contributed by atoms with van der Waals surface area (Å²) in [6.07, 6.45) is 0.281. The smallest absolute Gasteiger partial charge is 0.137 e. The summed E-state index contributed by atoms with van der Waals surface area (Å²) < 4.78 is 13.9. The van der Waals surface area contributed by atoms with E-state index in [-0.39, 0.29) is 5.82 Å². The molecule has 0 amide bonds. The molecule has 0 aliphatic heterocycles. The van der Waals surface area contributed by atoms with Crippen molar-refractivity contribution in [2.24, 2.45) is 0 Å². The van der Waals surface area contributed by atoms with Gasteiger partial charge in [-0.25, -0.2) is 4.39 Å². The lowest BCUT2D eigenvalue weighted by atomic mass is 9.95. The summed E-state index contributed by atoms with van der Waals surface area (Å²) in [5.41, 5.74) is 2.59. The molecule has 2 aromatic rings. The Kier molecular flexibility index (Phi) is 4.95. The SMILES string of the molecule is CCC(C)c1ccc(C(O)c2ccc(Br)c(F)c2)cc1. The normalized spacial score (nSPS) is 14.1. The molecular formula is C17H18BrFO. The van der Waals surface area contributed by atoms with Gasteiger partial charge in [-0.1, -0.05) is 44.2 Å². The first-order valence-corrected chi connectivity index (χ1v) is 7.55. The summed E-state index contributed by atoms with van der Waals surface area (Å²) in [6.45, 7) is 4.33. The molecule has 2 unspecified atom stereocenters. The number of halogens is 2. The van der Waals surface area contributed by atoms with Crippen LogP contribution in [0.5, 0.6) is 0 Å². The van der Waals surface area contributed by atoms with E-state index in [0.717, 1.165) is 12.0 Å². The van der Waals surface area contributed by atoms with Crippen molar-refractivity contribution in [1.82, 2.24) is 0 Å². The van der Waals surface area contributed by atoms with Crippen molar-refractivity contribution < 1.29 is 9.50 Å². The molecule has 2 rings (SSSR count). The maximum absolute atomic E-state index is 13.5. The zero-order valence-corrected chi connectivity index (χ0v) is 13.2. The van der Waals surface area contributed by atoms with Crippen LogP contribution in [0.15, 0.2) is 46.9 Å². The maximum atomic E-state index is 13.5. The maximum Gasteiger partial charge on any atom is 0.137 e. The quantitative estimate of drug-likeness (QED) is 0.815. The Morgan fingerprint density at radius 3 is 2.15 bits per heavy atom. The highest BCUT2D eigenvalue weighted by Gasteiger charge is 2.13. The van der Waals surface area contributed by atoms with Crippen LogP contribution in [0, 0.1) is 5.82 Å². The third-order valence-corrected chi connectivity index (χ3v) is 4.34. The minimum atomic E-state index is -0.802. The van der Waals surface area contributed by atoms with Crippen molar-refractivity contribution in [1.29, 1.82) is 0 Å². The first-order chi connectivity index (χ1) is 9.52. The predicted molar refractivity (Wildman–Crippen MR) is 83.3 cm³/mol. The fourth-order valence-electron chi connectivity index (χ4n) is 2.12. The minimum absolute atomic E-state index is 0.363. The molecule has 0 heterocycles. The van der Waals surface area contributed by atoms with Gasteiger partial charge in [-0.2, -0.15) is 0 Å². The van der Waals surface area contributed by atoms with E-state index in [2.05, 4.69) is 29.8 Å². The van der Waals surface area contributed by atoms with Crippen molar-refractivity contribution in [2.45, 2.75) is 32.3 Å². The lowest BCUT2D eigenvalue weighted by Gasteiger charge is -2.14. The van der Waals surface area contributed by atoms with Gasteiger partial charge in [-0.15, -0.1) is 0 Å². The van der Waals surface area contributed by atoms with Crippen LogP contribution in [-0.4, -0.2) is 5.11 Å². The molecule has 0 radical (unpaired) electrons. The van der Waals surface area contributed by atoms with Gasteiger partial charge in [0.15, 0.2) is 0 Å². The average molecular weight is 337 g/mol. The van der Waals surface area contributed by atoms with E-state index >= 15 is 0 Å². The molecule has 0 aromatic heterocycles. The molecule has 0 saturated carbocycles. The second-order valence-corrected chi connectivity index (χ2v) is 5.91. The largest absolute Gasteiger partial charge is 0.384 e. The second kappa shape index (κ2) is 6.51. The molecular weight excluding hydrogens is 319 g/mol. The highest BCUT2D eigenvalue weighted by Crippen LogP contribution is 2.27. The van der Waals surface area contributed by atoms with Gasteiger partial charge in [0.1, 0.15) is 11.9 Å². The van der Waals surface area contributed by atoms with Gasteiger partial charge in [0.2, 0.25) is 0 Å². The van der Waals surface area contributed by atoms with Crippen LogP contribution in [0.1, 0.15) is 49.0 Å². The Labute approximate surface area is 127 Å². The summed E-state index contributed by atoms with van der Waals surface area (Å²) in [5.74, 6) is 0.143. The highest BCUT2D eigenvalue weighted by molar-refractivity contribution is 9.10. The Morgan fingerprint density at radius 1 is 1.05 bits per heavy atom. The van der Waals surface area contributed by atoms with Crippen LogP contribution in [0.25, 0.3) is 0 Å². The molecule has 0 fully saturated rings. The van der Waals surface area contributed by atoms with E-state index in [1.54, 1.807) is 12.1 Å². The molecule has 0 spiro atoms. The lowest BCUT2D eigenvalue weighted by Crippen LogP contribution is -2.01. The van der Waals surface area contributed by atoms with Gasteiger partial charge < -0.3 is 5.11 Å². The van der Waals surface area contributed by atoms with Gasteiger partial charge in [-0.3, -0.25) is 0 Å². The van der Waals surface area contributed by atoms with E-state index in [0.29, 0.717) is 16.0 Å². The Hall–Kier alpha value is -1.19. The fraction of sp³-hybridized carbons (Fsp3) is 0.294. The minimum Gasteiger partial charge on any atom is -0.384 e. The number of rotatable bonds is 4. The highest BCUT2D eigenvalue weighted by atomic mass is 79.9. The summed E-state index contributed by atoms with van der Waals surface area (Å²) in [5, 5.41) is 10.3. The lowest BCUT2D eigenvalue weighted by molar-refractivity contribution is 0.219. The standard InChI is InChI=1S/C17H18BrFO/c1-3-11(2)12-4-6-13(7-5-12)17(20)14-8-9-15(18)16(19)10-14/h4-11,17,20H,3H2,1-2H3. The molecule has 1 nitrogen and oxygen atoms in total. The molecule has 2 atom stereocenters. The van der Waals surface area contributed by atoms with Crippen LogP contribution in [0.3, 0.4) is 0 Å². The van der Waals surface area contributed by atoms with Gasteiger partial charge in [-0.05, 0) is 57.1 Å². The number of aliphatic hydroxyl groups excluding tert-OH is 1. The molecule has 1 N–H and O–H groups in total. The van der Waals surface area contributed by atoms with Gasteiger partial charge in [0.25, 0.3) is 0 Å². The first kappa shape index (κ1) is 15.2. The summed E-state index contributed by atoms with van der Waals surface area (Å²) >= 11 is 3.11. The number of aliphatic hydroxyl groups is 1. The van der Waals surface area contributed by atoms with Crippen LogP contribution < -0.4 is 0 Å². The molecule has 0 aliphatic rings. The zero-order chi connectivity index (χ0) is 14.7. The van der Waals surface area contributed by atoms with E-state index < -0.39 is 6.10 Å².